The van der Waals surface area contributed by atoms with Gasteiger partial charge in [-0.05, 0) is 31.2 Å². The van der Waals surface area contributed by atoms with Crippen molar-refractivity contribution in [3.05, 3.63) is 58.8 Å². The Morgan fingerprint density at radius 1 is 1.25 bits per heavy atom. The van der Waals surface area contributed by atoms with E-state index in [9.17, 15) is 4.79 Å². The molecule has 0 radical (unpaired) electrons. The van der Waals surface area contributed by atoms with Crippen LogP contribution in [0, 0.1) is 0 Å². The van der Waals surface area contributed by atoms with E-state index in [-0.39, 0.29) is 11.9 Å². The van der Waals surface area contributed by atoms with Crippen LogP contribution >= 0.6 is 11.6 Å². The van der Waals surface area contributed by atoms with E-state index >= 15 is 0 Å². The second-order valence-corrected chi connectivity index (χ2v) is 8.40. The van der Waals surface area contributed by atoms with Crippen molar-refractivity contribution in [3.63, 3.8) is 0 Å². The SMILES string of the molecule is COCCC(=O)NC(C)c1nnc2n1CCN(Cc1ccc(-c3cccc(Cl)c3)o1)CC2. The molecule has 0 aliphatic carbocycles. The Morgan fingerprint density at radius 3 is 2.94 bits per heavy atom. The monoisotopic (exact) mass is 457 g/mol. The number of carbonyl (C=O) groups is 1. The summed E-state index contributed by atoms with van der Waals surface area (Å²) in [5.41, 5.74) is 0.969. The predicted octanol–water partition coefficient (Wildman–Crippen LogP) is 3.46. The molecular formula is C23H28ClN5O3. The van der Waals surface area contributed by atoms with Gasteiger partial charge in [0.05, 0.1) is 19.2 Å². The van der Waals surface area contributed by atoms with E-state index in [1.54, 1.807) is 7.11 Å². The molecule has 1 N–H and O–H groups in total. The fraction of sp³-hybridized carbons (Fsp3) is 0.435. The summed E-state index contributed by atoms with van der Waals surface area (Å²) in [7, 11) is 1.58. The maximum absolute atomic E-state index is 12.0. The Hall–Kier alpha value is -2.68. The van der Waals surface area contributed by atoms with Crippen LogP contribution in [0.3, 0.4) is 0 Å². The molecule has 170 valence electrons. The van der Waals surface area contributed by atoms with Gasteiger partial charge >= 0.3 is 0 Å². The van der Waals surface area contributed by atoms with Crippen molar-refractivity contribution in [2.75, 3.05) is 26.8 Å². The Balaban J connectivity index is 1.37. The standard InChI is InChI=1S/C23H28ClN5O3/c1-16(25-22(30)9-13-31-2)23-27-26-21-8-10-28(11-12-29(21)23)15-19-6-7-20(32-19)17-4-3-5-18(24)14-17/h3-7,14,16H,8-13,15H2,1-2H3,(H,25,30). The van der Waals surface area contributed by atoms with E-state index in [1.165, 1.54) is 0 Å². The van der Waals surface area contributed by atoms with E-state index in [0.717, 1.165) is 61.3 Å². The highest BCUT2D eigenvalue weighted by molar-refractivity contribution is 6.30. The molecule has 1 unspecified atom stereocenters. The van der Waals surface area contributed by atoms with Crippen molar-refractivity contribution in [2.45, 2.75) is 38.9 Å². The maximum atomic E-state index is 12.0. The molecule has 0 saturated carbocycles. The first-order valence-electron chi connectivity index (χ1n) is 10.8. The average Bonchev–Trinajstić information content (AvgIpc) is 3.36. The molecule has 2 aromatic heterocycles. The quantitative estimate of drug-likeness (QED) is 0.557. The minimum absolute atomic E-state index is 0.0553. The average molecular weight is 458 g/mol. The number of ether oxygens (including phenoxy) is 1. The van der Waals surface area contributed by atoms with Crippen molar-refractivity contribution in [1.82, 2.24) is 25.0 Å². The first-order valence-corrected chi connectivity index (χ1v) is 11.2. The molecule has 3 heterocycles. The summed E-state index contributed by atoms with van der Waals surface area (Å²) in [5.74, 6) is 3.40. The lowest BCUT2D eigenvalue weighted by Gasteiger charge is -2.19. The summed E-state index contributed by atoms with van der Waals surface area (Å²) in [4.78, 5) is 14.4. The van der Waals surface area contributed by atoms with Gasteiger partial charge in [-0.2, -0.15) is 0 Å². The highest BCUT2D eigenvalue weighted by Gasteiger charge is 2.23. The van der Waals surface area contributed by atoms with E-state index < -0.39 is 0 Å². The lowest BCUT2D eigenvalue weighted by molar-refractivity contribution is -0.122. The normalized spacial score (nSPS) is 15.2. The fourth-order valence-electron chi connectivity index (χ4n) is 3.92. The minimum Gasteiger partial charge on any atom is -0.460 e. The smallest absolute Gasteiger partial charge is 0.222 e. The number of amides is 1. The van der Waals surface area contributed by atoms with E-state index in [2.05, 4.69) is 25.0 Å². The molecule has 3 aromatic rings. The lowest BCUT2D eigenvalue weighted by atomic mass is 10.2. The molecule has 8 nitrogen and oxygen atoms in total. The summed E-state index contributed by atoms with van der Waals surface area (Å²) in [5, 5.41) is 12.4. The van der Waals surface area contributed by atoms with Crippen molar-refractivity contribution in [2.24, 2.45) is 0 Å². The summed E-state index contributed by atoms with van der Waals surface area (Å²) >= 11 is 6.10. The number of rotatable bonds is 8. The predicted molar refractivity (Wildman–Crippen MR) is 121 cm³/mol. The van der Waals surface area contributed by atoms with Crippen LogP contribution < -0.4 is 5.32 Å². The molecule has 1 amide bonds. The van der Waals surface area contributed by atoms with Gasteiger partial charge in [0, 0.05) is 50.2 Å². The summed E-state index contributed by atoms with van der Waals surface area (Å²) in [6.45, 7) is 5.52. The molecule has 0 saturated heterocycles. The van der Waals surface area contributed by atoms with Crippen molar-refractivity contribution in [1.29, 1.82) is 0 Å². The largest absolute Gasteiger partial charge is 0.460 e. The van der Waals surface area contributed by atoms with E-state index in [0.29, 0.717) is 18.1 Å². The molecule has 1 aliphatic heterocycles. The minimum atomic E-state index is -0.211. The zero-order valence-corrected chi connectivity index (χ0v) is 19.1. The van der Waals surface area contributed by atoms with Crippen LogP contribution in [-0.2, 0) is 29.0 Å². The summed E-state index contributed by atoms with van der Waals surface area (Å²) in [6.07, 6.45) is 1.12. The van der Waals surface area contributed by atoms with E-state index in [1.807, 2.05) is 43.3 Å². The molecule has 1 atom stereocenters. The number of halogens is 1. The number of methoxy groups -OCH3 is 1. The Kier molecular flexibility index (Phi) is 7.24. The Morgan fingerprint density at radius 2 is 2.12 bits per heavy atom. The zero-order chi connectivity index (χ0) is 22.5. The van der Waals surface area contributed by atoms with Gasteiger partial charge in [0.1, 0.15) is 17.3 Å². The molecule has 1 aliphatic rings. The maximum Gasteiger partial charge on any atom is 0.222 e. The number of nitrogens with one attached hydrogen (secondary N) is 1. The second kappa shape index (κ2) is 10.3. The van der Waals surface area contributed by atoms with Crippen LogP contribution in [0.5, 0.6) is 0 Å². The number of hydrogen-bond donors (Lipinski definition) is 1. The number of hydrogen-bond acceptors (Lipinski definition) is 6. The van der Waals surface area contributed by atoms with E-state index in [4.69, 9.17) is 20.8 Å². The molecule has 1 aromatic carbocycles. The van der Waals surface area contributed by atoms with Crippen LogP contribution in [0.4, 0.5) is 0 Å². The van der Waals surface area contributed by atoms with Crippen molar-refractivity contribution < 1.29 is 13.9 Å². The Labute approximate surface area is 192 Å². The third-order valence-corrected chi connectivity index (χ3v) is 5.83. The first-order chi connectivity index (χ1) is 15.5. The molecule has 0 bridgehead atoms. The van der Waals surface area contributed by atoms with Crippen LogP contribution in [0.15, 0.2) is 40.8 Å². The third-order valence-electron chi connectivity index (χ3n) is 5.60. The summed E-state index contributed by atoms with van der Waals surface area (Å²) in [6, 6.07) is 11.5. The number of nitrogens with zero attached hydrogens (tertiary/aromatic N) is 4. The van der Waals surface area contributed by atoms with Crippen LogP contribution in [0.25, 0.3) is 11.3 Å². The molecular weight excluding hydrogens is 430 g/mol. The van der Waals surface area contributed by atoms with Gasteiger partial charge < -0.3 is 19.0 Å². The highest BCUT2D eigenvalue weighted by atomic mass is 35.5. The number of fused-ring (bicyclic) bond motifs is 1. The molecule has 0 fully saturated rings. The van der Waals surface area contributed by atoms with Gasteiger partial charge in [0.2, 0.25) is 5.91 Å². The number of aromatic nitrogens is 3. The zero-order valence-electron chi connectivity index (χ0n) is 18.4. The molecule has 32 heavy (non-hydrogen) atoms. The Bertz CT molecular complexity index is 1060. The van der Waals surface area contributed by atoms with Crippen molar-refractivity contribution >= 4 is 17.5 Å². The molecule has 0 spiro atoms. The summed E-state index contributed by atoms with van der Waals surface area (Å²) < 4.78 is 13.2. The third kappa shape index (κ3) is 5.38. The highest BCUT2D eigenvalue weighted by Crippen LogP contribution is 2.26. The number of carbonyl (C=O) groups excluding carboxylic acids is 1. The number of furan rings is 1. The van der Waals surface area contributed by atoms with Gasteiger partial charge in [-0.3, -0.25) is 9.69 Å². The van der Waals surface area contributed by atoms with Gasteiger partial charge in [0.25, 0.3) is 0 Å². The van der Waals surface area contributed by atoms with Gasteiger partial charge in [-0.25, -0.2) is 0 Å². The fourth-order valence-corrected chi connectivity index (χ4v) is 4.11. The van der Waals surface area contributed by atoms with Gasteiger partial charge in [-0.15, -0.1) is 10.2 Å². The van der Waals surface area contributed by atoms with Gasteiger partial charge in [0.15, 0.2) is 5.82 Å². The van der Waals surface area contributed by atoms with Crippen molar-refractivity contribution in [3.8, 4) is 11.3 Å². The first kappa shape index (κ1) is 22.5. The molecule has 9 heteroatoms. The van der Waals surface area contributed by atoms with Crippen LogP contribution in [0.1, 0.15) is 36.8 Å². The second-order valence-electron chi connectivity index (χ2n) is 7.96. The topological polar surface area (TPSA) is 85.4 Å². The lowest BCUT2D eigenvalue weighted by Crippen LogP contribution is -2.30. The molecule has 4 rings (SSSR count). The van der Waals surface area contributed by atoms with Gasteiger partial charge in [-0.1, -0.05) is 23.7 Å². The van der Waals surface area contributed by atoms with Crippen LogP contribution in [-0.4, -0.2) is 52.4 Å². The number of benzene rings is 1. The van der Waals surface area contributed by atoms with Crippen LogP contribution in [0.2, 0.25) is 5.02 Å².